The molecular formula is C33H31N3O. The summed E-state index contributed by atoms with van der Waals surface area (Å²) in [5.41, 5.74) is 5.27. The van der Waals surface area contributed by atoms with E-state index < -0.39 is 11.1 Å². The third kappa shape index (κ3) is 3.89. The summed E-state index contributed by atoms with van der Waals surface area (Å²) in [5.74, 6) is 0. The van der Waals surface area contributed by atoms with Crippen LogP contribution in [-0.4, -0.2) is 19.6 Å². The molecule has 0 saturated heterocycles. The normalized spacial score (nSPS) is 15.1. The zero-order valence-electron chi connectivity index (χ0n) is 21.1. The maximum Gasteiger partial charge on any atom is 0.131 e. The highest BCUT2D eigenvalue weighted by Gasteiger charge is 2.40. The van der Waals surface area contributed by atoms with Gasteiger partial charge in [0.1, 0.15) is 11.1 Å². The van der Waals surface area contributed by atoms with Crippen LogP contribution in [0.1, 0.15) is 59.0 Å². The van der Waals surface area contributed by atoms with Crippen LogP contribution in [0.25, 0.3) is 0 Å². The van der Waals surface area contributed by atoms with E-state index in [4.69, 9.17) is 4.98 Å². The minimum Gasteiger partial charge on any atom is -0.379 e. The average Bonchev–Trinajstić information content (AvgIpc) is 3.47. The van der Waals surface area contributed by atoms with Crippen LogP contribution in [0.5, 0.6) is 0 Å². The summed E-state index contributed by atoms with van der Waals surface area (Å²) < 4.78 is 2.16. The standard InChI is InChI=1S/C33H31N3O/c1-32(37,29-21-22-34-30-20-12-11-19-28(29)30)31-23-36(24-35-31)33(25-13-5-2-6-14-25,26-15-7-3-8-16-26)27-17-9-4-10-18-27/h2-10,13-18,21-24,37H,11-12,19-20H2,1H3/t32-/m1/s1. The molecule has 5 aromatic rings. The molecule has 37 heavy (non-hydrogen) atoms. The number of hydrogen-bond acceptors (Lipinski definition) is 3. The molecular weight excluding hydrogens is 454 g/mol. The Bertz CT molecular complexity index is 1390. The number of aryl methyl sites for hydroxylation is 1. The number of nitrogens with zero attached hydrogens (tertiary/aromatic N) is 3. The van der Waals surface area contributed by atoms with Crippen molar-refractivity contribution in [2.75, 3.05) is 0 Å². The van der Waals surface area contributed by atoms with Crippen LogP contribution in [0.3, 0.4) is 0 Å². The molecule has 4 nitrogen and oxygen atoms in total. The lowest BCUT2D eigenvalue weighted by atomic mass is 9.76. The molecule has 0 aliphatic heterocycles. The minimum absolute atomic E-state index is 0.624. The van der Waals surface area contributed by atoms with Crippen molar-refractivity contribution in [2.45, 2.75) is 43.7 Å². The minimum atomic E-state index is -1.24. The van der Waals surface area contributed by atoms with Crippen LogP contribution in [0.2, 0.25) is 0 Å². The number of pyridine rings is 1. The van der Waals surface area contributed by atoms with Gasteiger partial charge in [0.15, 0.2) is 0 Å². The first kappa shape index (κ1) is 23.4. The molecule has 1 atom stereocenters. The Kier molecular flexibility index (Phi) is 5.97. The summed E-state index contributed by atoms with van der Waals surface area (Å²) in [6.07, 6.45) is 9.88. The summed E-state index contributed by atoms with van der Waals surface area (Å²) in [5, 5.41) is 12.0. The molecule has 1 aliphatic carbocycles. The van der Waals surface area contributed by atoms with Crippen molar-refractivity contribution < 1.29 is 5.11 Å². The second-order valence-corrected chi connectivity index (χ2v) is 10.0. The topological polar surface area (TPSA) is 50.9 Å². The fraction of sp³-hybridized carbons (Fsp3) is 0.212. The first-order valence-corrected chi connectivity index (χ1v) is 13.0. The molecule has 0 bridgehead atoms. The maximum absolute atomic E-state index is 12.0. The summed E-state index contributed by atoms with van der Waals surface area (Å²) in [7, 11) is 0. The van der Waals surface area contributed by atoms with Gasteiger partial charge in [-0.2, -0.15) is 0 Å². The van der Waals surface area contributed by atoms with Crippen molar-refractivity contribution in [1.29, 1.82) is 0 Å². The van der Waals surface area contributed by atoms with Gasteiger partial charge >= 0.3 is 0 Å². The SMILES string of the molecule is C[C@](O)(c1cn(C(c2ccccc2)(c2ccccc2)c2ccccc2)cn1)c1ccnc2c1CCCC2. The molecule has 0 unspecified atom stereocenters. The summed E-state index contributed by atoms with van der Waals surface area (Å²) in [6, 6.07) is 33.5. The van der Waals surface area contributed by atoms with E-state index in [1.54, 1.807) is 0 Å². The fourth-order valence-corrected chi connectivity index (χ4v) is 5.96. The lowest BCUT2D eigenvalue weighted by Gasteiger charge is -2.37. The number of fused-ring (bicyclic) bond motifs is 1. The second-order valence-electron chi connectivity index (χ2n) is 10.0. The highest BCUT2D eigenvalue weighted by molar-refractivity contribution is 5.51. The zero-order valence-corrected chi connectivity index (χ0v) is 21.1. The van der Waals surface area contributed by atoms with Crippen LogP contribution in [-0.2, 0) is 24.0 Å². The van der Waals surface area contributed by atoms with Crippen molar-refractivity contribution in [2.24, 2.45) is 0 Å². The van der Waals surface area contributed by atoms with E-state index in [1.807, 2.05) is 49.9 Å². The molecule has 0 amide bonds. The van der Waals surface area contributed by atoms with E-state index in [0.29, 0.717) is 5.69 Å². The highest BCUT2D eigenvalue weighted by atomic mass is 16.3. The molecule has 0 radical (unpaired) electrons. The predicted molar refractivity (Wildman–Crippen MR) is 146 cm³/mol. The first-order chi connectivity index (χ1) is 18.1. The van der Waals surface area contributed by atoms with Crippen molar-refractivity contribution in [3.63, 3.8) is 0 Å². The molecule has 184 valence electrons. The first-order valence-electron chi connectivity index (χ1n) is 13.0. The third-order valence-corrected chi connectivity index (χ3v) is 7.80. The van der Waals surface area contributed by atoms with E-state index in [2.05, 4.69) is 82.3 Å². The Labute approximate surface area is 218 Å². The Morgan fingerprint density at radius 2 is 1.24 bits per heavy atom. The number of benzene rings is 3. The fourth-order valence-electron chi connectivity index (χ4n) is 5.96. The van der Waals surface area contributed by atoms with E-state index in [0.717, 1.165) is 53.6 Å². The van der Waals surface area contributed by atoms with Gasteiger partial charge in [0.2, 0.25) is 0 Å². The van der Waals surface area contributed by atoms with Crippen molar-refractivity contribution in [1.82, 2.24) is 14.5 Å². The third-order valence-electron chi connectivity index (χ3n) is 7.80. The monoisotopic (exact) mass is 485 g/mol. The smallest absolute Gasteiger partial charge is 0.131 e. The second kappa shape index (κ2) is 9.45. The molecule has 6 rings (SSSR count). The summed E-state index contributed by atoms with van der Waals surface area (Å²) >= 11 is 0. The summed E-state index contributed by atoms with van der Waals surface area (Å²) in [4.78, 5) is 9.46. The largest absolute Gasteiger partial charge is 0.379 e. The van der Waals surface area contributed by atoms with Gasteiger partial charge in [-0.25, -0.2) is 4.98 Å². The lowest BCUT2D eigenvalue weighted by Crippen LogP contribution is -2.37. The molecule has 0 fully saturated rings. The van der Waals surface area contributed by atoms with Crippen LogP contribution >= 0.6 is 0 Å². The van der Waals surface area contributed by atoms with Crippen LogP contribution in [0.4, 0.5) is 0 Å². The van der Waals surface area contributed by atoms with E-state index in [9.17, 15) is 5.11 Å². The van der Waals surface area contributed by atoms with Gasteiger partial charge in [-0.15, -0.1) is 0 Å². The van der Waals surface area contributed by atoms with Crippen molar-refractivity contribution in [3.05, 3.63) is 155 Å². The maximum atomic E-state index is 12.0. The van der Waals surface area contributed by atoms with E-state index in [1.165, 1.54) is 5.56 Å². The lowest BCUT2D eigenvalue weighted by molar-refractivity contribution is 0.0962. The highest BCUT2D eigenvalue weighted by Crippen LogP contribution is 2.42. The molecule has 0 saturated carbocycles. The number of aliphatic hydroxyl groups is 1. The van der Waals surface area contributed by atoms with Gasteiger partial charge in [-0.3, -0.25) is 4.98 Å². The van der Waals surface area contributed by atoms with E-state index in [-0.39, 0.29) is 0 Å². The summed E-state index contributed by atoms with van der Waals surface area (Å²) in [6.45, 7) is 1.86. The van der Waals surface area contributed by atoms with Gasteiger partial charge in [0, 0.05) is 18.1 Å². The Morgan fingerprint density at radius 1 is 0.703 bits per heavy atom. The van der Waals surface area contributed by atoms with Crippen LogP contribution in [0, 0.1) is 0 Å². The van der Waals surface area contributed by atoms with Crippen molar-refractivity contribution >= 4 is 0 Å². The quantitative estimate of drug-likeness (QED) is 0.289. The number of rotatable bonds is 6. The molecule has 3 aromatic carbocycles. The number of aromatic nitrogens is 3. The van der Waals surface area contributed by atoms with Gasteiger partial charge in [-0.1, -0.05) is 91.0 Å². The zero-order chi connectivity index (χ0) is 25.3. The molecule has 4 heteroatoms. The molecule has 0 spiro atoms. The average molecular weight is 486 g/mol. The number of hydrogen-bond donors (Lipinski definition) is 1. The molecule has 1 aliphatic rings. The molecule has 2 heterocycles. The van der Waals surface area contributed by atoms with Crippen molar-refractivity contribution in [3.8, 4) is 0 Å². The molecule has 1 N–H and O–H groups in total. The predicted octanol–water partition coefficient (Wildman–Crippen LogP) is 6.25. The van der Waals surface area contributed by atoms with Gasteiger partial charge in [-0.05, 0) is 66.5 Å². The van der Waals surface area contributed by atoms with Gasteiger partial charge in [0.25, 0.3) is 0 Å². The van der Waals surface area contributed by atoms with Crippen LogP contribution < -0.4 is 0 Å². The van der Waals surface area contributed by atoms with Crippen LogP contribution in [0.15, 0.2) is 116 Å². The van der Waals surface area contributed by atoms with Gasteiger partial charge in [0.05, 0.1) is 12.0 Å². The number of imidazole rings is 1. The Hall–Kier alpha value is -4.02. The van der Waals surface area contributed by atoms with Gasteiger partial charge < -0.3 is 9.67 Å². The van der Waals surface area contributed by atoms with E-state index >= 15 is 0 Å². The Morgan fingerprint density at radius 3 is 1.81 bits per heavy atom. The Balaban J connectivity index is 1.57. The molecule has 2 aromatic heterocycles.